The highest BCUT2D eigenvalue weighted by molar-refractivity contribution is 5.96. The van der Waals surface area contributed by atoms with Crippen molar-refractivity contribution in [2.24, 2.45) is 5.41 Å². The lowest BCUT2D eigenvalue weighted by Gasteiger charge is -2.19. The van der Waals surface area contributed by atoms with Gasteiger partial charge in [0.15, 0.2) is 0 Å². The number of ether oxygens (including phenoxy) is 1. The minimum atomic E-state index is -1.20. The van der Waals surface area contributed by atoms with Crippen LogP contribution in [0.5, 0.6) is 0 Å². The van der Waals surface area contributed by atoms with Gasteiger partial charge in [-0.1, -0.05) is 0 Å². The van der Waals surface area contributed by atoms with Gasteiger partial charge in [-0.3, -0.25) is 14.9 Å². The molecule has 19 heavy (non-hydrogen) atoms. The molecule has 7 nitrogen and oxygen atoms in total. The van der Waals surface area contributed by atoms with E-state index in [4.69, 9.17) is 9.84 Å². The first-order valence-electron chi connectivity index (χ1n) is 6.18. The third-order valence-corrected chi connectivity index (χ3v) is 3.13. The van der Waals surface area contributed by atoms with Crippen LogP contribution in [0.4, 0.5) is 4.79 Å². The molecule has 1 aliphatic rings. The number of nitrogens with one attached hydrogen (secondary N) is 2. The first kappa shape index (κ1) is 15.4. The second-order valence-electron chi connectivity index (χ2n) is 5.36. The van der Waals surface area contributed by atoms with Gasteiger partial charge in [0, 0.05) is 13.0 Å². The molecule has 2 unspecified atom stereocenters. The van der Waals surface area contributed by atoms with Crippen LogP contribution in [0.25, 0.3) is 0 Å². The molecule has 0 aromatic rings. The second kappa shape index (κ2) is 6.01. The van der Waals surface area contributed by atoms with Crippen LogP contribution >= 0.6 is 0 Å². The van der Waals surface area contributed by atoms with Crippen molar-refractivity contribution < 1.29 is 24.2 Å². The van der Waals surface area contributed by atoms with E-state index in [0.29, 0.717) is 13.0 Å². The van der Waals surface area contributed by atoms with Crippen molar-refractivity contribution in [3.05, 3.63) is 0 Å². The number of amides is 3. The molecule has 1 aliphatic heterocycles. The van der Waals surface area contributed by atoms with E-state index in [1.54, 1.807) is 0 Å². The maximum Gasteiger partial charge on any atom is 0.321 e. The summed E-state index contributed by atoms with van der Waals surface area (Å²) in [6.45, 7) is 5.28. The van der Waals surface area contributed by atoms with Gasteiger partial charge in [-0.25, -0.2) is 4.79 Å². The summed E-state index contributed by atoms with van der Waals surface area (Å²) in [7, 11) is 0. The predicted molar refractivity (Wildman–Crippen MR) is 66.5 cm³/mol. The standard InChI is InChI=1S/C12H20N2O5/c1-7-8(4-5-19-7)13-11(18)14-9(15)6-12(2,3)10(16)17/h7-8H,4-6H2,1-3H3,(H,16,17)(H2,13,14,15,18). The van der Waals surface area contributed by atoms with Gasteiger partial charge in [0.1, 0.15) is 0 Å². The van der Waals surface area contributed by atoms with Gasteiger partial charge in [-0.15, -0.1) is 0 Å². The van der Waals surface area contributed by atoms with Gasteiger partial charge in [0.25, 0.3) is 0 Å². The fourth-order valence-corrected chi connectivity index (χ4v) is 1.77. The lowest BCUT2D eigenvalue weighted by atomic mass is 9.89. The van der Waals surface area contributed by atoms with Gasteiger partial charge in [0.2, 0.25) is 5.91 Å². The fraction of sp³-hybridized carbons (Fsp3) is 0.750. The average molecular weight is 272 g/mol. The molecule has 1 saturated heterocycles. The second-order valence-corrected chi connectivity index (χ2v) is 5.36. The minimum absolute atomic E-state index is 0.0867. The Labute approximate surface area is 111 Å². The Hall–Kier alpha value is -1.63. The summed E-state index contributed by atoms with van der Waals surface area (Å²) < 4.78 is 5.28. The lowest BCUT2D eigenvalue weighted by molar-refractivity contribution is -0.149. The molecule has 1 heterocycles. The highest BCUT2D eigenvalue weighted by atomic mass is 16.5. The molecule has 0 bridgehead atoms. The van der Waals surface area contributed by atoms with Crippen LogP contribution < -0.4 is 10.6 Å². The maximum absolute atomic E-state index is 11.6. The van der Waals surface area contributed by atoms with E-state index in [0.717, 1.165) is 0 Å². The molecule has 0 spiro atoms. The van der Waals surface area contributed by atoms with Crippen molar-refractivity contribution in [1.82, 2.24) is 10.6 Å². The van der Waals surface area contributed by atoms with Gasteiger partial charge >= 0.3 is 12.0 Å². The number of carboxylic acids is 1. The fourth-order valence-electron chi connectivity index (χ4n) is 1.77. The number of imide groups is 1. The topological polar surface area (TPSA) is 105 Å². The number of urea groups is 1. The molecule has 0 aliphatic carbocycles. The van der Waals surface area contributed by atoms with Gasteiger partial charge in [-0.2, -0.15) is 0 Å². The molecule has 108 valence electrons. The Morgan fingerprint density at radius 1 is 1.37 bits per heavy atom. The molecular formula is C12H20N2O5. The molecule has 1 rings (SSSR count). The summed E-state index contributed by atoms with van der Waals surface area (Å²) in [4.78, 5) is 34.0. The summed E-state index contributed by atoms with van der Waals surface area (Å²) in [6.07, 6.45) is 0.354. The van der Waals surface area contributed by atoms with Crippen molar-refractivity contribution in [2.45, 2.75) is 45.8 Å². The Bertz CT molecular complexity index is 380. The number of aliphatic carboxylic acids is 1. The SMILES string of the molecule is CC1OCCC1NC(=O)NC(=O)CC(C)(C)C(=O)O. The largest absolute Gasteiger partial charge is 0.481 e. The van der Waals surface area contributed by atoms with Crippen molar-refractivity contribution in [3.63, 3.8) is 0 Å². The van der Waals surface area contributed by atoms with E-state index < -0.39 is 23.3 Å². The first-order chi connectivity index (χ1) is 8.72. The molecule has 1 fully saturated rings. The van der Waals surface area contributed by atoms with Crippen molar-refractivity contribution >= 4 is 17.9 Å². The number of rotatable bonds is 4. The van der Waals surface area contributed by atoms with E-state index in [1.165, 1.54) is 13.8 Å². The predicted octanol–water partition coefficient (Wildman–Crippen LogP) is 0.491. The van der Waals surface area contributed by atoms with E-state index in [1.807, 2.05) is 6.92 Å². The molecule has 0 saturated carbocycles. The first-order valence-corrected chi connectivity index (χ1v) is 6.18. The van der Waals surface area contributed by atoms with Crippen LogP contribution in [0.2, 0.25) is 0 Å². The van der Waals surface area contributed by atoms with Crippen molar-refractivity contribution in [1.29, 1.82) is 0 Å². The third kappa shape index (κ3) is 4.51. The Morgan fingerprint density at radius 3 is 2.47 bits per heavy atom. The monoisotopic (exact) mass is 272 g/mol. The van der Waals surface area contributed by atoms with E-state index in [-0.39, 0.29) is 18.6 Å². The molecule has 3 N–H and O–H groups in total. The summed E-state index contributed by atoms with van der Waals surface area (Å²) in [5.74, 6) is -1.70. The summed E-state index contributed by atoms with van der Waals surface area (Å²) in [5.41, 5.74) is -1.20. The van der Waals surface area contributed by atoms with Gasteiger partial charge in [-0.05, 0) is 27.2 Å². The minimum Gasteiger partial charge on any atom is -0.481 e. The number of carbonyl (C=O) groups is 3. The Morgan fingerprint density at radius 2 is 2.00 bits per heavy atom. The maximum atomic E-state index is 11.6. The zero-order valence-electron chi connectivity index (χ0n) is 11.4. The zero-order valence-corrected chi connectivity index (χ0v) is 11.4. The van der Waals surface area contributed by atoms with Crippen LogP contribution in [0.15, 0.2) is 0 Å². The van der Waals surface area contributed by atoms with Crippen LogP contribution in [-0.4, -0.2) is 41.8 Å². The number of carboxylic acid groups (broad SMARTS) is 1. The molecule has 3 amide bonds. The zero-order chi connectivity index (χ0) is 14.6. The van der Waals surface area contributed by atoms with Crippen LogP contribution in [0.3, 0.4) is 0 Å². The van der Waals surface area contributed by atoms with Crippen molar-refractivity contribution in [3.8, 4) is 0 Å². The highest BCUT2D eigenvalue weighted by Gasteiger charge is 2.31. The van der Waals surface area contributed by atoms with Crippen molar-refractivity contribution in [2.75, 3.05) is 6.61 Å². The normalized spacial score (nSPS) is 22.9. The van der Waals surface area contributed by atoms with E-state index >= 15 is 0 Å². The highest BCUT2D eigenvalue weighted by Crippen LogP contribution is 2.20. The van der Waals surface area contributed by atoms with Gasteiger partial charge < -0.3 is 15.2 Å². The molecule has 2 atom stereocenters. The molecule has 0 aromatic heterocycles. The molecular weight excluding hydrogens is 252 g/mol. The van der Waals surface area contributed by atoms with Gasteiger partial charge in [0.05, 0.1) is 17.6 Å². The van der Waals surface area contributed by atoms with Crippen LogP contribution in [0.1, 0.15) is 33.6 Å². The summed E-state index contributed by atoms with van der Waals surface area (Å²) in [5, 5.41) is 13.7. The number of hydrogen-bond donors (Lipinski definition) is 3. The molecule has 7 heteroatoms. The van der Waals surface area contributed by atoms with E-state index in [2.05, 4.69) is 10.6 Å². The Balaban J connectivity index is 2.40. The molecule has 0 radical (unpaired) electrons. The van der Waals surface area contributed by atoms with Crippen LogP contribution in [-0.2, 0) is 14.3 Å². The Kier molecular flexibility index (Phi) is 4.88. The smallest absolute Gasteiger partial charge is 0.321 e. The molecule has 0 aromatic carbocycles. The van der Waals surface area contributed by atoms with Crippen LogP contribution in [0, 0.1) is 5.41 Å². The quantitative estimate of drug-likeness (QED) is 0.691. The summed E-state index contributed by atoms with van der Waals surface area (Å²) in [6, 6.07) is -0.742. The number of hydrogen-bond acceptors (Lipinski definition) is 4. The summed E-state index contributed by atoms with van der Waals surface area (Å²) >= 11 is 0. The van der Waals surface area contributed by atoms with E-state index in [9.17, 15) is 14.4 Å². The average Bonchev–Trinajstić information content (AvgIpc) is 2.62. The lowest BCUT2D eigenvalue weighted by Crippen LogP contribution is -2.47. The third-order valence-electron chi connectivity index (χ3n) is 3.13. The number of carbonyl (C=O) groups excluding carboxylic acids is 2.